The summed E-state index contributed by atoms with van der Waals surface area (Å²) in [5.74, 6) is -0.898. The molecule has 0 N–H and O–H groups in total. The fourth-order valence-corrected chi connectivity index (χ4v) is 2.46. The molecule has 2 aliphatic rings. The summed E-state index contributed by atoms with van der Waals surface area (Å²) in [7, 11) is 0. The van der Waals surface area contributed by atoms with Crippen molar-refractivity contribution in [1.29, 1.82) is 0 Å². The van der Waals surface area contributed by atoms with E-state index in [2.05, 4.69) is 0 Å². The number of thioether (sulfide) groups is 1. The summed E-state index contributed by atoms with van der Waals surface area (Å²) >= 11 is 1.42. The Kier molecular flexibility index (Phi) is 2.52. The molecule has 0 aromatic rings. The van der Waals surface area contributed by atoms with Gasteiger partial charge in [0, 0.05) is 5.41 Å². The minimum Gasteiger partial charge on any atom is -0.453 e. The van der Waals surface area contributed by atoms with Crippen LogP contribution in [-0.4, -0.2) is 34.5 Å². The van der Waals surface area contributed by atoms with E-state index in [1.165, 1.54) is 23.6 Å². The number of carbonyl (C=O) groups is 3. The van der Waals surface area contributed by atoms with Gasteiger partial charge in [-0.2, -0.15) is 0 Å². The van der Waals surface area contributed by atoms with Crippen molar-refractivity contribution in [2.45, 2.75) is 18.7 Å². The third-order valence-corrected chi connectivity index (χ3v) is 3.17. The van der Waals surface area contributed by atoms with Crippen LogP contribution in [0.15, 0.2) is 11.1 Å². The number of amides is 1. The van der Waals surface area contributed by atoms with Gasteiger partial charge >= 0.3 is 5.97 Å². The van der Waals surface area contributed by atoms with Crippen LogP contribution in [0.3, 0.4) is 0 Å². The van der Waals surface area contributed by atoms with Crippen LogP contribution in [0.4, 0.5) is 0 Å². The van der Waals surface area contributed by atoms with E-state index in [1.807, 2.05) is 0 Å². The van der Waals surface area contributed by atoms with Gasteiger partial charge in [-0.05, 0) is 6.92 Å². The predicted molar refractivity (Wildman–Crippen MR) is 52.6 cm³/mol. The second-order valence-electron chi connectivity index (χ2n) is 3.34. The monoisotopic (exact) mass is 227 g/mol. The Labute approximate surface area is 90.4 Å². The highest BCUT2D eigenvalue weighted by molar-refractivity contribution is 8.03. The zero-order valence-corrected chi connectivity index (χ0v) is 8.87. The number of carbonyl (C=O) groups excluding carboxylic acids is 3. The Bertz CT molecular complexity index is 376. The molecule has 0 saturated carbocycles. The number of rotatable bonds is 3. The highest BCUT2D eigenvalue weighted by Crippen LogP contribution is 2.40. The first-order chi connectivity index (χ1) is 7.09. The minimum absolute atomic E-state index is 0.0531. The van der Waals surface area contributed by atoms with Gasteiger partial charge in [-0.3, -0.25) is 14.5 Å². The van der Waals surface area contributed by atoms with E-state index >= 15 is 0 Å². The lowest BCUT2D eigenvalue weighted by atomic mass is 10.2. The molecule has 0 bridgehead atoms. The molecule has 0 aromatic carbocycles. The molecule has 2 heterocycles. The van der Waals surface area contributed by atoms with E-state index in [9.17, 15) is 14.4 Å². The van der Waals surface area contributed by atoms with Crippen LogP contribution in [0, 0.1) is 0 Å². The van der Waals surface area contributed by atoms with Crippen molar-refractivity contribution >= 4 is 29.4 Å². The van der Waals surface area contributed by atoms with Gasteiger partial charge in [0.15, 0.2) is 5.78 Å². The number of nitrogens with zero attached hydrogens (tertiary/aromatic N) is 1. The van der Waals surface area contributed by atoms with Crippen molar-refractivity contribution in [1.82, 2.24) is 4.90 Å². The fraction of sp³-hybridized carbons (Fsp3) is 0.444. The van der Waals surface area contributed by atoms with E-state index in [1.54, 1.807) is 5.41 Å². The molecule has 2 rings (SSSR count). The molecule has 1 unspecified atom stereocenters. The molecule has 5 nitrogen and oxygen atoms in total. The molecule has 1 saturated heterocycles. The maximum Gasteiger partial charge on any atom is 0.356 e. The summed E-state index contributed by atoms with van der Waals surface area (Å²) in [6, 6.07) is 0. The molecule has 1 amide bonds. The SMILES string of the molecule is CC(=O)COC(=O)C1=CSC2CC(=O)N12. The quantitative estimate of drug-likeness (QED) is 0.511. The summed E-state index contributed by atoms with van der Waals surface area (Å²) < 4.78 is 4.72. The highest BCUT2D eigenvalue weighted by Gasteiger charge is 2.45. The predicted octanol–water partition coefficient (Wildman–Crippen LogP) is 0.265. The standard InChI is InChI=1S/C9H9NO4S/c1-5(11)3-14-9(13)6-4-15-8-2-7(12)10(6)8/h4,8H,2-3H2,1H3. The summed E-state index contributed by atoms with van der Waals surface area (Å²) in [6.07, 6.45) is 0.463. The van der Waals surface area contributed by atoms with Crippen LogP contribution < -0.4 is 0 Å². The number of hydrogen-bond acceptors (Lipinski definition) is 5. The minimum atomic E-state index is -0.603. The molecule has 80 valence electrons. The van der Waals surface area contributed by atoms with E-state index < -0.39 is 5.97 Å². The Morgan fingerprint density at radius 1 is 1.67 bits per heavy atom. The zero-order valence-electron chi connectivity index (χ0n) is 8.06. The van der Waals surface area contributed by atoms with E-state index in [4.69, 9.17) is 4.74 Å². The first kappa shape index (κ1) is 10.2. The van der Waals surface area contributed by atoms with Gasteiger partial charge in [0.2, 0.25) is 5.91 Å². The number of ketones is 1. The van der Waals surface area contributed by atoms with E-state index in [0.29, 0.717) is 6.42 Å². The summed E-state index contributed by atoms with van der Waals surface area (Å²) in [6.45, 7) is 1.09. The third-order valence-electron chi connectivity index (χ3n) is 2.12. The first-order valence-corrected chi connectivity index (χ1v) is 5.38. The van der Waals surface area contributed by atoms with Crippen molar-refractivity contribution in [2.75, 3.05) is 6.61 Å². The largest absolute Gasteiger partial charge is 0.453 e. The van der Waals surface area contributed by atoms with Crippen LogP contribution >= 0.6 is 11.8 Å². The van der Waals surface area contributed by atoms with E-state index in [0.717, 1.165) is 0 Å². The lowest BCUT2D eigenvalue weighted by Crippen LogP contribution is -2.48. The van der Waals surface area contributed by atoms with Gasteiger partial charge in [-0.1, -0.05) is 0 Å². The second kappa shape index (κ2) is 3.69. The lowest BCUT2D eigenvalue weighted by Gasteiger charge is -2.34. The van der Waals surface area contributed by atoms with Crippen LogP contribution in [0.5, 0.6) is 0 Å². The molecular formula is C9H9NO4S. The van der Waals surface area contributed by atoms with Crippen molar-refractivity contribution in [3.8, 4) is 0 Å². The fourth-order valence-electron chi connectivity index (χ4n) is 1.37. The molecule has 0 aliphatic carbocycles. The van der Waals surface area contributed by atoms with Crippen molar-refractivity contribution in [2.24, 2.45) is 0 Å². The van der Waals surface area contributed by atoms with E-state index in [-0.39, 0.29) is 29.4 Å². The smallest absolute Gasteiger partial charge is 0.356 e. The molecule has 0 spiro atoms. The normalized spacial score (nSPS) is 23.0. The number of ether oxygens (including phenoxy) is 1. The van der Waals surface area contributed by atoms with Gasteiger partial charge in [-0.25, -0.2) is 4.79 Å². The number of fused-ring (bicyclic) bond motifs is 1. The third kappa shape index (κ3) is 1.77. The Morgan fingerprint density at radius 2 is 2.40 bits per heavy atom. The topological polar surface area (TPSA) is 63.7 Å². The molecule has 6 heteroatoms. The van der Waals surface area contributed by atoms with Crippen molar-refractivity contribution < 1.29 is 19.1 Å². The molecular weight excluding hydrogens is 218 g/mol. The van der Waals surface area contributed by atoms with Gasteiger partial charge in [0.25, 0.3) is 0 Å². The molecule has 15 heavy (non-hydrogen) atoms. The van der Waals surface area contributed by atoms with Gasteiger partial charge in [-0.15, -0.1) is 11.8 Å². The Morgan fingerprint density at radius 3 is 3.00 bits per heavy atom. The zero-order chi connectivity index (χ0) is 11.0. The maximum atomic E-state index is 11.4. The Balaban J connectivity index is 1.96. The number of β-lactam (4-membered cyclic amide) rings is 1. The van der Waals surface area contributed by atoms with Gasteiger partial charge < -0.3 is 4.74 Å². The second-order valence-corrected chi connectivity index (χ2v) is 4.39. The average molecular weight is 227 g/mol. The number of Topliss-reactive ketones (excluding diaryl/α,β-unsaturated/α-hetero) is 1. The van der Waals surface area contributed by atoms with Crippen LogP contribution in [0.25, 0.3) is 0 Å². The van der Waals surface area contributed by atoms with Crippen molar-refractivity contribution in [3.05, 3.63) is 11.1 Å². The molecule has 2 aliphatic heterocycles. The molecule has 0 radical (unpaired) electrons. The average Bonchev–Trinajstić information content (AvgIpc) is 2.51. The summed E-state index contributed by atoms with van der Waals surface area (Å²) in [5.41, 5.74) is 0.252. The van der Waals surface area contributed by atoms with Gasteiger partial charge in [0.1, 0.15) is 12.3 Å². The maximum absolute atomic E-state index is 11.4. The molecule has 1 fully saturated rings. The first-order valence-electron chi connectivity index (χ1n) is 4.44. The number of hydrogen-bond donors (Lipinski definition) is 0. The summed E-state index contributed by atoms with van der Waals surface area (Å²) in [5, 5.41) is 1.66. The molecule has 0 aromatic heterocycles. The summed E-state index contributed by atoms with van der Waals surface area (Å²) in [4.78, 5) is 34.6. The lowest BCUT2D eigenvalue weighted by molar-refractivity contribution is -0.150. The van der Waals surface area contributed by atoms with Crippen LogP contribution in [0.1, 0.15) is 13.3 Å². The van der Waals surface area contributed by atoms with Crippen LogP contribution in [0.2, 0.25) is 0 Å². The number of esters is 1. The van der Waals surface area contributed by atoms with Crippen LogP contribution in [-0.2, 0) is 19.1 Å². The van der Waals surface area contributed by atoms with Crippen molar-refractivity contribution in [3.63, 3.8) is 0 Å². The Hall–Kier alpha value is -1.30. The molecule has 1 atom stereocenters. The van der Waals surface area contributed by atoms with Gasteiger partial charge in [0.05, 0.1) is 11.8 Å². The highest BCUT2D eigenvalue weighted by atomic mass is 32.2.